The van der Waals surface area contributed by atoms with E-state index < -0.39 is 11.7 Å². The molecule has 0 fully saturated rings. The van der Waals surface area contributed by atoms with E-state index in [1.54, 1.807) is 0 Å². The monoisotopic (exact) mass is 141 g/mol. The number of carbonyl (C=O) groups excluding carboxylic acids is 1. The fourth-order valence-corrected chi connectivity index (χ4v) is 0.507. The van der Waals surface area contributed by atoms with Crippen LogP contribution in [0.4, 0.5) is 4.39 Å². The second kappa shape index (κ2) is 2.43. The lowest BCUT2D eigenvalue weighted by molar-refractivity contribution is 0.111. The van der Waals surface area contributed by atoms with Crippen LogP contribution in [0.1, 0.15) is 10.5 Å². The summed E-state index contributed by atoms with van der Waals surface area (Å²) in [5, 5.41) is 8.59. The van der Waals surface area contributed by atoms with Crippen LogP contribution in [0.15, 0.2) is 12.1 Å². The minimum absolute atomic E-state index is 0.0321. The maximum atomic E-state index is 12.2. The third-order valence-electron chi connectivity index (χ3n) is 0.971. The molecule has 1 aromatic rings. The summed E-state index contributed by atoms with van der Waals surface area (Å²) in [7, 11) is 0. The Morgan fingerprint density at radius 3 is 2.80 bits per heavy atom. The zero-order chi connectivity index (χ0) is 7.56. The first kappa shape index (κ1) is 6.67. The summed E-state index contributed by atoms with van der Waals surface area (Å²) in [4.78, 5) is 13.1. The third kappa shape index (κ3) is 1.10. The van der Waals surface area contributed by atoms with Crippen molar-refractivity contribution in [2.24, 2.45) is 0 Å². The van der Waals surface area contributed by atoms with Crippen LogP contribution in [0, 0.1) is 5.95 Å². The molecule has 0 saturated carbocycles. The van der Waals surface area contributed by atoms with Gasteiger partial charge < -0.3 is 5.11 Å². The Bertz CT molecular complexity index is 262. The molecule has 1 aromatic heterocycles. The lowest BCUT2D eigenvalue weighted by atomic mass is 10.4. The molecule has 0 saturated heterocycles. The lowest BCUT2D eigenvalue weighted by Crippen LogP contribution is -1.89. The number of halogens is 1. The highest BCUT2D eigenvalue weighted by molar-refractivity contribution is 5.71. The molecule has 52 valence electrons. The van der Waals surface area contributed by atoms with Gasteiger partial charge in [-0.3, -0.25) is 4.79 Å². The van der Waals surface area contributed by atoms with Gasteiger partial charge in [-0.05, 0) is 12.1 Å². The highest BCUT2D eigenvalue weighted by Gasteiger charge is 2.00. The van der Waals surface area contributed by atoms with Crippen molar-refractivity contribution in [2.75, 3.05) is 0 Å². The van der Waals surface area contributed by atoms with Crippen molar-refractivity contribution in [3.05, 3.63) is 23.8 Å². The fraction of sp³-hybridized carbons (Fsp3) is 0. The number of carbonyl (C=O) groups is 1. The molecule has 0 aliphatic carbocycles. The van der Waals surface area contributed by atoms with Crippen LogP contribution < -0.4 is 0 Å². The molecule has 10 heavy (non-hydrogen) atoms. The number of hydrogen-bond donors (Lipinski definition) is 1. The number of nitrogens with zero attached hydrogens (tertiary/aromatic N) is 1. The van der Waals surface area contributed by atoms with E-state index >= 15 is 0 Å². The predicted octanol–water partition coefficient (Wildman–Crippen LogP) is 0.739. The Balaban J connectivity index is 3.16. The van der Waals surface area contributed by atoms with Gasteiger partial charge in [0.1, 0.15) is 5.69 Å². The van der Waals surface area contributed by atoms with Crippen molar-refractivity contribution in [2.45, 2.75) is 0 Å². The third-order valence-corrected chi connectivity index (χ3v) is 0.971. The summed E-state index contributed by atoms with van der Waals surface area (Å²) in [5.41, 5.74) is -0.0321. The Kier molecular flexibility index (Phi) is 1.62. The summed E-state index contributed by atoms with van der Waals surface area (Å²) < 4.78 is 12.2. The number of pyridine rings is 1. The Labute approximate surface area is 56.1 Å². The topological polar surface area (TPSA) is 50.2 Å². The molecule has 0 bridgehead atoms. The lowest BCUT2D eigenvalue weighted by Gasteiger charge is -1.92. The Hall–Kier alpha value is -1.45. The van der Waals surface area contributed by atoms with Gasteiger partial charge in [-0.15, -0.1) is 0 Å². The first-order valence-corrected chi connectivity index (χ1v) is 2.54. The van der Waals surface area contributed by atoms with E-state index in [-0.39, 0.29) is 5.69 Å². The number of aromatic nitrogens is 1. The average Bonchev–Trinajstić information content (AvgIpc) is 1.95. The van der Waals surface area contributed by atoms with E-state index in [1.807, 2.05) is 0 Å². The van der Waals surface area contributed by atoms with Crippen LogP contribution in [0.25, 0.3) is 0 Å². The minimum Gasteiger partial charge on any atom is -0.504 e. The van der Waals surface area contributed by atoms with Gasteiger partial charge in [0, 0.05) is 0 Å². The van der Waals surface area contributed by atoms with Gasteiger partial charge in [-0.25, -0.2) is 4.98 Å². The van der Waals surface area contributed by atoms with E-state index in [0.29, 0.717) is 6.29 Å². The summed E-state index contributed by atoms with van der Waals surface area (Å²) >= 11 is 0. The average molecular weight is 141 g/mol. The number of hydrogen-bond acceptors (Lipinski definition) is 3. The van der Waals surface area contributed by atoms with Gasteiger partial charge >= 0.3 is 0 Å². The first-order valence-electron chi connectivity index (χ1n) is 2.54. The van der Waals surface area contributed by atoms with Gasteiger partial charge in [0.15, 0.2) is 12.0 Å². The SMILES string of the molecule is O=Cc1ccc(O)c(F)n1. The summed E-state index contributed by atoms with van der Waals surface area (Å²) in [6.07, 6.45) is 0.405. The maximum Gasteiger partial charge on any atom is 0.255 e. The molecule has 1 rings (SSSR count). The van der Waals surface area contributed by atoms with Crippen molar-refractivity contribution >= 4 is 6.29 Å². The minimum atomic E-state index is -1.02. The second-order valence-electron chi connectivity index (χ2n) is 1.66. The van der Waals surface area contributed by atoms with Crippen LogP contribution in [-0.2, 0) is 0 Å². The molecule has 0 spiro atoms. The van der Waals surface area contributed by atoms with Crippen LogP contribution in [0.2, 0.25) is 0 Å². The van der Waals surface area contributed by atoms with Crippen molar-refractivity contribution in [3.8, 4) is 5.75 Å². The van der Waals surface area contributed by atoms with Gasteiger partial charge in [0.25, 0.3) is 5.95 Å². The normalized spacial score (nSPS) is 9.30. The van der Waals surface area contributed by atoms with Gasteiger partial charge in [-0.2, -0.15) is 4.39 Å². The second-order valence-corrected chi connectivity index (χ2v) is 1.66. The quantitative estimate of drug-likeness (QED) is 0.463. The van der Waals surface area contributed by atoms with Crippen molar-refractivity contribution < 1.29 is 14.3 Å². The largest absolute Gasteiger partial charge is 0.504 e. The molecular weight excluding hydrogens is 137 g/mol. The molecule has 0 atom stereocenters. The summed E-state index contributed by atoms with van der Waals surface area (Å²) in [5.74, 6) is -1.57. The standard InChI is InChI=1S/C6H4FNO2/c7-6-5(10)2-1-4(3-9)8-6/h1-3,10H. The van der Waals surface area contributed by atoms with Crippen molar-refractivity contribution in [3.63, 3.8) is 0 Å². The predicted molar refractivity (Wildman–Crippen MR) is 31.2 cm³/mol. The molecular formula is C6H4FNO2. The maximum absolute atomic E-state index is 12.2. The zero-order valence-electron chi connectivity index (χ0n) is 4.91. The summed E-state index contributed by atoms with van der Waals surface area (Å²) in [6, 6.07) is 2.30. The van der Waals surface area contributed by atoms with Crippen LogP contribution >= 0.6 is 0 Å². The van der Waals surface area contributed by atoms with E-state index in [2.05, 4.69) is 4.98 Å². The smallest absolute Gasteiger partial charge is 0.255 e. The van der Waals surface area contributed by atoms with E-state index in [9.17, 15) is 9.18 Å². The number of aromatic hydroxyl groups is 1. The van der Waals surface area contributed by atoms with E-state index in [4.69, 9.17) is 5.11 Å². The molecule has 0 amide bonds. The highest BCUT2D eigenvalue weighted by atomic mass is 19.1. The molecule has 0 aromatic carbocycles. The van der Waals surface area contributed by atoms with E-state index in [1.165, 1.54) is 6.07 Å². The Morgan fingerprint density at radius 2 is 2.30 bits per heavy atom. The molecule has 1 heterocycles. The fourth-order valence-electron chi connectivity index (χ4n) is 0.507. The molecule has 0 aliphatic rings. The molecule has 0 aliphatic heterocycles. The van der Waals surface area contributed by atoms with Crippen LogP contribution in [0.5, 0.6) is 5.75 Å². The molecule has 4 heteroatoms. The van der Waals surface area contributed by atoms with Crippen molar-refractivity contribution in [1.29, 1.82) is 0 Å². The summed E-state index contributed by atoms with van der Waals surface area (Å²) in [6.45, 7) is 0. The van der Waals surface area contributed by atoms with E-state index in [0.717, 1.165) is 6.07 Å². The van der Waals surface area contributed by atoms with Gasteiger partial charge in [0.05, 0.1) is 0 Å². The number of aldehydes is 1. The Morgan fingerprint density at radius 1 is 1.60 bits per heavy atom. The molecule has 0 radical (unpaired) electrons. The number of rotatable bonds is 1. The van der Waals surface area contributed by atoms with Gasteiger partial charge in [-0.1, -0.05) is 0 Å². The highest BCUT2D eigenvalue weighted by Crippen LogP contribution is 2.10. The first-order chi connectivity index (χ1) is 4.74. The molecule has 0 unspecified atom stereocenters. The zero-order valence-corrected chi connectivity index (χ0v) is 4.91. The molecule has 1 N–H and O–H groups in total. The van der Waals surface area contributed by atoms with Crippen LogP contribution in [-0.4, -0.2) is 16.4 Å². The van der Waals surface area contributed by atoms with Crippen molar-refractivity contribution in [1.82, 2.24) is 4.98 Å². The molecule has 3 nitrogen and oxygen atoms in total. The van der Waals surface area contributed by atoms with Crippen LogP contribution in [0.3, 0.4) is 0 Å². The van der Waals surface area contributed by atoms with Gasteiger partial charge in [0.2, 0.25) is 0 Å².